The molecule has 2 atom stereocenters. The summed E-state index contributed by atoms with van der Waals surface area (Å²) in [6, 6.07) is 18.0. The fourth-order valence-electron chi connectivity index (χ4n) is 3.50. The molecule has 0 amide bonds. The van der Waals surface area contributed by atoms with Crippen LogP contribution in [0.15, 0.2) is 54.6 Å². The van der Waals surface area contributed by atoms with E-state index in [1.54, 1.807) is 0 Å². The zero-order valence-electron chi connectivity index (χ0n) is 14.6. The van der Waals surface area contributed by atoms with E-state index in [-0.39, 0.29) is 5.92 Å². The molecule has 0 saturated carbocycles. The lowest BCUT2D eigenvalue weighted by molar-refractivity contribution is -0.0341. The highest BCUT2D eigenvalue weighted by Gasteiger charge is 2.36. The molecule has 1 fully saturated rings. The molecule has 0 aliphatic carbocycles. The summed E-state index contributed by atoms with van der Waals surface area (Å²) in [6.07, 6.45) is 2.20. The Morgan fingerprint density at radius 3 is 2.71 bits per heavy atom. The first-order chi connectivity index (χ1) is 11.6. The van der Waals surface area contributed by atoms with Gasteiger partial charge in [0.05, 0.1) is 5.60 Å². The van der Waals surface area contributed by atoms with E-state index in [1.165, 1.54) is 0 Å². The summed E-state index contributed by atoms with van der Waals surface area (Å²) in [5, 5.41) is 11.2. The van der Waals surface area contributed by atoms with Gasteiger partial charge in [-0.25, -0.2) is 0 Å². The standard InChI is InChI=1S/C21H27NO2/c1-21(23,19-11-7-13-22(2)15-19)18-10-6-12-20(14-18)24-16-17-8-4-3-5-9-17/h3-6,8-10,12,14,19,23H,7,11,13,15-16H2,1-2H3/t19-,21-/m1/s1. The maximum atomic E-state index is 11.2. The quantitative estimate of drug-likeness (QED) is 0.907. The van der Waals surface area contributed by atoms with Crippen LogP contribution in [0.3, 0.4) is 0 Å². The summed E-state index contributed by atoms with van der Waals surface area (Å²) < 4.78 is 5.91. The summed E-state index contributed by atoms with van der Waals surface area (Å²) in [7, 11) is 2.13. The number of hydrogen-bond donors (Lipinski definition) is 1. The third-order valence-corrected chi connectivity index (χ3v) is 5.09. The lowest BCUT2D eigenvalue weighted by Crippen LogP contribution is -2.43. The third kappa shape index (κ3) is 3.97. The fraction of sp³-hybridized carbons (Fsp3) is 0.429. The molecule has 1 saturated heterocycles. The molecule has 0 radical (unpaired) electrons. The van der Waals surface area contributed by atoms with Gasteiger partial charge in [0.15, 0.2) is 0 Å². The molecular weight excluding hydrogens is 298 g/mol. The summed E-state index contributed by atoms with van der Waals surface area (Å²) in [4.78, 5) is 2.30. The third-order valence-electron chi connectivity index (χ3n) is 5.09. The number of benzene rings is 2. The maximum Gasteiger partial charge on any atom is 0.120 e. The average molecular weight is 325 g/mol. The Morgan fingerprint density at radius 1 is 1.17 bits per heavy atom. The van der Waals surface area contributed by atoms with Gasteiger partial charge < -0.3 is 14.7 Å². The van der Waals surface area contributed by atoms with Crippen molar-refractivity contribution in [3.8, 4) is 5.75 Å². The molecule has 3 nitrogen and oxygen atoms in total. The van der Waals surface area contributed by atoms with Gasteiger partial charge in [0, 0.05) is 12.5 Å². The number of piperidine rings is 1. The Hall–Kier alpha value is -1.84. The molecule has 128 valence electrons. The summed E-state index contributed by atoms with van der Waals surface area (Å²) in [6.45, 7) is 4.53. The predicted octanol–water partition coefficient (Wildman–Crippen LogP) is 3.81. The number of rotatable bonds is 5. The Kier molecular flexibility index (Phi) is 5.22. The van der Waals surface area contributed by atoms with Gasteiger partial charge in [0.1, 0.15) is 12.4 Å². The molecular formula is C21H27NO2. The molecule has 1 aliphatic rings. The van der Waals surface area contributed by atoms with Crippen LogP contribution in [0.1, 0.15) is 30.9 Å². The van der Waals surface area contributed by atoms with Crippen molar-refractivity contribution in [2.75, 3.05) is 20.1 Å². The first-order valence-electron chi connectivity index (χ1n) is 8.74. The van der Waals surface area contributed by atoms with E-state index in [9.17, 15) is 5.11 Å². The van der Waals surface area contributed by atoms with Gasteiger partial charge in [-0.15, -0.1) is 0 Å². The van der Waals surface area contributed by atoms with Crippen molar-refractivity contribution in [2.24, 2.45) is 5.92 Å². The normalized spacial score (nSPS) is 21.2. The second-order valence-electron chi connectivity index (χ2n) is 7.05. The van der Waals surface area contributed by atoms with Gasteiger partial charge in [-0.05, 0) is 56.6 Å². The highest BCUT2D eigenvalue weighted by atomic mass is 16.5. The van der Waals surface area contributed by atoms with E-state index in [4.69, 9.17) is 4.74 Å². The second-order valence-corrected chi connectivity index (χ2v) is 7.05. The van der Waals surface area contributed by atoms with Crippen molar-refractivity contribution in [3.63, 3.8) is 0 Å². The van der Waals surface area contributed by atoms with E-state index in [0.29, 0.717) is 6.61 Å². The van der Waals surface area contributed by atoms with Crippen LogP contribution >= 0.6 is 0 Å². The molecule has 2 aromatic carbocycles. The van der Waals surface area contributed by atoms with E-state index >= 15 is 0 Å². The smallest absolute Gasteiger partial charge is 0.120 e. The van der Waals surface area contributed by atoms with Gasteiger partial charge >= 0.3 is 0 Å². The second kappa shape index (κ2) is 7.37. The van der Waals surface area contributed by atoms with Crippen molar-refractivity contribution >= 4 is 0 Å². The summed E-state index contributed by atoms with van der Waals surface area (Å²) >= 11 is 0. The van der Waals surface area contributed by atoms with Crippen molar-refractivity contribution in [1.82, 2.24) is 4.90 Å². The lowest BCUT2D eigenvalue weighted by atomic mass is 9.78. The van der Waals surface area contributed by atoms with Crippen molar-refractivity contribution in [1.29, 1.82) is 0 Å². The molecule has 0 aromatic heterocycles. The molecule has 2 aromatic rings. The molecule has 0 unspecified atom stereocenters. The van der Waals surface area contributed by atoms with Crippen LogP contribution in [0.5, 0.6) is 5.75 Å². The van der Waals surface area contributed by atoms with Crippen molar-refractivity contribution in [2.45, 2.75) is 32.0 Å². The molecule has 24 heavy (non-hydrogen) atoms. The van der Waals surface area contributed by atoms with Crippen LogP contribution in [-0.2, 0) is 12.2 Å². The van der Waals surface area contributed by atoms with Crippen LogP contribution in [0, 0.1) is 5.92 Å². The van der Waals surface area contributed by atoms with Crippen LogP contribution in [-0.4, -0.2) is 30.1 Å². The zero-order chi connectivity index (χ0) is 17.0. The molecule has 3 heteroatoms. The molecule has 1 heterocycles. The number of nitrogens with zero attached hydrogens (tertiary/aromatic N) is 1. The summed E-state index contributed by atoms with van der Waals surface area (Å²) in [5.74, 6) is 1.06. The van der Waals surface area contributed by atoms with E-state index in [2.05, 4.69) is 24.1 Å². The molecule has 1 aliphatic heterocycles. The van der Waals surface area contributed by atoms with Gasteiger partial charge in [0.25, 0.3) is 0 Å². The Labute approximate surface area is 144 Å². The van der Waals surface area contributed by atoms with Crippen LogP contribution in [0.4, 0.5) is 0 Å². The Morgan fingerprint density at radius 2 is 1.96 bits per heavy atom. The van der Waals surface area contributed by atoms with Crippen molar-refractivity contribution in [3.05, 3.63) is 65.7 Å². The topological polar surface area (TPSA) is 32.7 Å². The average Bonchev–Trinajstić information content (AvgIpc) is 2.61. The molecule has 0 bridgehead atoms. The van der Waals surface area contributed by atoms with E-state index < -0.39 is 5.60 Å². The SMILES string of the molecule is CN1CCC[C@@H]([C@](C)(O)c2cccc(OCc3ccccc3)c2)C1. The first-order valence-corrected chi connectivity index (χ1v) is 8.74. The molecule has 3 rings (SSSR count). The highest BCUT2D eigenvalue weighted by molar-refractivity contribution is 5.33. The van der Waals surface area contributed by atoms with E-state index in [1.807, 2.05) is 49.4 Å². The van der Waals surface area contributed by atoms with Crippen molar-refractivity contribution < 1.29 is 9.84 Å². The number of aliphatic hydroxyl groups is 1. The van der Waals surface area contributed by atoms with Crippen LogP contribution in [0.25, 0.3) is 0 Å². The van der Waals surface area contributed by atoms with Gasteiger partial charge in [-0.1, -0.05) is 42.5 Å². The minimum Gasteiger partial charge on any atom is -0.489 e. The van der Waals surface area contributed by atoms with Gasteiger partial charge in [-0.2, -0.15) is 0 Å². The monoisotopic (exact) mass is 325 g/mol. The van der Waals surface area contributed by atoms with Crippen LogP contribution < -0.4 is 4.74 Å². The lowest BCUT2D eigenvalue weighted by Gasteiger charge is -2.39. The Bertz CT molecular complexity index is 654. The van der Waals surface area contributed by atoms with Gasteiger partial charge in [0.2, 0.25) is 0 Å². The van der Waals surface area contributed by atoms with Crippen LogP contribution in [0.2, 0.25) is 0 Å². The fourth-order valence-corrected chi connectivity index (χ4v) is 3.50. The highest BCUT2D eigenvalue weighted by Crippen LogP contribution is 2.36. The predicted molar refractivity (Wildman–Crippen MR) is 97.0 cm³/mol. The number of hydrogen-bond acceptors (Lipinski definition) is 3. The maximum absolute atomic E-state index is 11.2. The molecule has 1 N–H and O–H groups in total. The number of likely N-dealkylation sites (tertiary alicyclic amines) is 1. The number of ether oxygens (including phenoxy) is 1. The minimum atomic E-state index is -0.833. The largest absolute Gasteiger partial charge is 0.489 e. The van der Waals surface area contributed by atoms with Gasteiger partial charge in [-0.3, -0.25) is 0 Å². The minimum absolute atomic E-state index is 0.251. The first kappa shape index (κ1) is 17.0. The Balaban J connectivity index is 1.71. The molecule has 0 spiro atoms. The summed E-state index contributed by atoms with van der Waals surface area (Å²) in [5.41, 5.74) is 1.25. The van der Waals surface area contributed by atoms with E-state index in [0.717, 1.165) is 42.8 Å². The zero-order valence-corrected chi connectivity index (χ0v) is 14.6.